The molecule has 0 radical (unpaired) electrons. The summed E-state index contributed by atoms with van der Waals surface area (Å²) in [5.74, 6) is 0.642. The third-order valence-electron chi connectivity index (χ3n) is 8.89. The average Bonchev–Trinajstić information content (AvgIpc) is 3.76. The van der Waals surface area contributed by atoms with E-state index in [1.165, 1.54) is 31.3 Å². The highest BCUT2D eigenvalue weighted by atomic mass is 32.1. The molecule has 210 valence electrons. The smallest absolute Gasteiger partial charge is 0.235 e. The molecule has 0 unspecified atom stereocenters. The number of hydrogen-bond acceptors (Lipinski definition) is 4. The highest BCUT2D eigenvalue weighted by Crippen LogP contribution is 2.41. The molecule has 0 saturated heterocycles. The number of benzene rings is 6. The molecule has 6 aromatic carbocycles. The van der Waals surface area contributed by atoms with Crippen LogP contribution in [0.4, 0.5) is 0 Å². The van der Waals surface area contributed by atoms with Crippen molar-refractivity contribution in [3.63, 3.8) is 0 Å². The molecular formula is C40H23N3OS. The second kappa shape index (κ2) is 9.36. The first-order valence-corrected chi connectivity index (χ1v) is 15.8. The van der Waals surface area contributed by atoms with E-state index in [0.717, 1.165) is 55.0 Å². The molecule has 0 spiro atoms. The summed E-state index contributed by atoms with van der Waals surface area (Å²) in [7, 11) is 0. The predicted octanol–water partition coefficient (Wildman–Crippen LogP) is 11.2. The second-order valence-corrected chi connectivity index (χ2v) is 12.5. The zero-order valence-corrected chi connectivity index (χ0v) is 24.8. The Balaban J connectivity index is 1.15. The van der Waals surface area contributed by atoms with Gasteiger partial charge < -0.3 is 4.42 Å². The Hall–Kier alpha value is -5.78. The normalized spacial score (nSPS) is 12.0. The van der Waals surface area contributed by atoms with Crippen LogP contribution in [0, 0.1) is 0 Å². The van der Waals surface area contributed by atoms with Crippen LogP contribution < -0.4 is 0 Å². The van der Waals surface area contributed by atoms with Crippen molar-refractivity contribution in [2.45, 2.75) is 0 Å². The molecule has 0 fully saturated rings. The Labute approximate surface area is 261 Å². The lowest BCUT2D eigenvalue weighted by Gasteiger charge is -2.10. The number of hydrogen-bond donors (Lipinski definition) is 0. The van der Waals surface area contributed by atoms with Gasteiger partial charge in [-0.05, 0) is 53.6 Å². The van der Waals surface area contributed by atoms with Crippen LogP contribution in [0.25, 0.3) is 92.2 Å². The fraction of sp³-hybridized carbons (Fsp3) is 0. The van der Waals surface area contributed by atoms with E-state index in [2.05, 4.69) is 120 Å². The van der Waals surface area contributed by atoms with E-state index in [-0.39, 0.29) is 0 Å². The molecule has 0 aliphatic carbocycles. The van der Waals surface area contributed by atoms with Crippen molar-refractivity contribution >= 4 is 75.3 Å². The van der Waals surface area contributed by atoms with Gasteiger partial charge in [0.05, 0.1) is 16.7 Å². The maximum Gasteiger partial charge on any atom is 0.235 e. The first-order valence-electron chi connectivity index (χ1n) is 15.0. The standard InChI is InChI=1S/C40H23N3OS/c1-4-16-34-27(11-1)31-23-37-32(28-12-2-5-17-36(28)44-37)22-35(31)43(34)40-41-20-19-33(42-40)25-10-7-9-24(21-25)26-14-8-15-30-29-13-3-6-18-38(29)45-39(26)30/h1-23H. The number of rotatable bonds is 3. The molecule has 4 nitrogen and oxygen atoms in total. The van der Waals surface area contributed by atoms with Crippen LogP contribution in [-0.2, 0) is 0 Å². The lowest BCUT2D eigenvalue weighted by atomic mass is 10.00. The monoisotopic (exact) mass is 593 g/mol. The van der Waals surface area contributed by atoms with Crippen LogP contribution in [0.2, 0.25) is 0 Å². The van der Waals surface area contributed by atoms with E-state index in [9.17, 15) is 0 Å². The Morgan fingerprint density at radius 2 is 1.31 bits per heavy atom. The number of aromatic nitrogens is 3. The molecule has 0 aliphatic rings. The molecule has 0 bridgehead atoms. The average molecular weight is 594 g/mol. The summed E-state index contributed by atoms with van der Waals surface area (Å²) in [6, 6.07) is 47.0. The molecule has 0 N–H and O–H groups in total. The lowest BCUT2D eigenvalue weighted by molar-refractivity contribution is 0.669. The topological polar surface area (TPSA) is 43.9 Å². The molecule has 45 heavy (non-hydrogen) atoms. The number of fused-ring (bicyclic) bond motifs is 9. The molecule has 0 saturated carbocycles. The van der Waals surface area contributed by atoms with Crippen molar-refractivity contribution in [3.05, 3.63) is 140 Å². The summed E-state index contributed by atoms with van der Waals surface area (Å²) in [4.78, 5) is 9.99. The van der Waals surface area contributed by atoms with Gasteiger partial charge >= 0.3 is 0 Å². The van der Waals surface area contributed by atoms with Gasteiger partial charge in [-0.2, -0.15) is 0 Å². The summed E-state index contributed by atoms with van der Waals surface area (Å²) in [5.41, 5.74) is 8.24. The minimum absolute atomic E-state index is 0.642. The maximum absolute atomic E-state index is 6.25. The van der Waals surface area contributed by atoms with E-state index in [4.69, 9.17) is 14.4 Å². The fourth-order valence-corrected chi connectivity index (χ4v) is 8.08. The van der Waals surface area contributed by atoms with E-state index in [1.54, 1.807) is 0 Å². The van der Waals surface area contributed by atoms with Crippen molar-refractivity contribution in [3.8, 4) is 28.3 Å². The Bertz CT molecular complexity index is 2780. The van der Waals surface area contributed by atoms with Gasteiger partial charge in [-0.3, -0.25) is 4.57 Å². The van der Waals surface area contributed by atoms with E-state index < -0.39 is 0 Å². The Morgan fingerprint density at radius 3 is 2.27 bits per heavy atom. The van der Waals surface area contributed by atoms with Gasteiger partial charge in [0, 0.05) is 53.5 Å². The predicted molar refractivity (Wildman–Crippen MR) is 187 cm³/mol. The van der Waals surface area contributed by atoms with Crippen LogP contribution in [0.5, 0.6) is 0 Å². The van der Waals surface area contributed by atoms with E-state index >= 15 is 0 Å². The lowest BCUT2D eigenvalue weighted by Crippen LogP contribution is -2.01. The molecule has 0 aliphatic heterocycles. The molecule has 5 heteroatoms. The third kappa shape index (κ3) is 3.65. The van der Waals surface area contributed by atoms with E-state index in [0.29, 0.717) is 5.95 Å². The summed E-state index contributed by atoms with van der Waals surface area (Å²) in [6.07, 6.45) is 1.86. The van der Waals surface area contributed by atoms with Gasteiger partial charge in [0.1, 0.15) is 11.2 Å². The largest absolute Gasteiger partial charge is 0.456 e. The van der Waals surface area contributed by atoms with Gasteiger partial charge in [-0.25, -0.2) is 9.97 Å². The molecule has 0 atom stereocenters. The van der Waals surface area contributed by atoms with Crippen LogP contribution in [-0.4, -0.2) is 14.5 Å². The first kappa shape index (κ1) is 24.6. The molecule has 10 rings (SSSR count). The molecule has 4 heterocycles. The fourth-order valence-electron chi connectivity index (χ4n) is 6.84. The Morgan fingerprint density at radius 1 is 0.533 bits per heavy atom. The quantitative estimate of drug-likeness (QED) is 0.205. The van der Waals surface area contributed by atoms with Crippen LogP contribution in [0.15, 0.2) is 144 Å². The molecule has 10 aromatic rings. The molecule has 4 aromatic heterocycles. The molecule has 0 amide bonds. The number of thiophene rings is 1. The van der Waals surface area contributed by atoms with E-state index in [1.807, 2.05) is 35.7 Å². The summed E-state index contributed by atoms with van der Waals surface area (Å²) < 4.78 is 11.0. The van der Waals surface area contributed by atoms with Crippen molar-refractivity contribution in [2.24, 2.45) is 0 Å². The summed E-state index contributed by atoms with van der Waals surface area (Å²) in [6.45, 7) is 0. The van der Waals surface area contributed by atoms with Crippen LogP contribution in [0.1, 0.15) is 0 Å². The van der Waals surface area contributed by atoms with Gasteiger partial charge in [0.2, 0.25) is 5.95 Å². The van der Waals surface area contributed by atoms with Crippen LogP contribution in [0.3, 0.4) is 0 Å². The highest BCUT2D eigenvalue weighted by Gasteiger charge is 2.18. The van der Waals surface area contributed by atoms with Crippen molar-refractivity contribution in [1.82, 2.24) is 14.5 Å². The zero-order chi connectivity index (χ0) is 29.5. The zero-order valence-electron chi connectivity index (χ0n) is 23.9. The maximum atomic E-state index is 6.25. The number of furan rings is 1. The summed E-state index contributed by atoms with van der Waals surface area (Å²) >= 11 is 1.85. The second-order valence-electron chi connectivity index (χ2n) is 11.4. The van der Waals surface area contributed by atoms with Gasteiger partial charge in [-0.15, -0.1) is 11.3 Å². The van der Waals surface area contributed by atoms with Crippen molar-refractivity contribution in [2.75, 3.05) is 0 Å². The van der Waals surface area contributed by atoms with Crippen LogP contribution >= 0.6 is 11.3 Å². The first-order chi connectivity index (χ1) is 22.3. The van der Waals surface area contributed by atoms with Gasteiger partial charge in [-0.1, -0.05) is 91.0 Å². The minimum Gasteiger partial charge on any atom is -0.456 e. The van der Waals surface area contributed by atoms with Gasteiger partial charge in [0.15, 0.2) is 0 Å². The van der Waals surface area contributed by atoms with Gasteiger partial charge in [0.25, 0.3) is 0 Å². The summed E-state index contributed by atoms with van der Waals surface area (Å²) in [5, 5.41) is 7.05. The van der Waals surface area contributed by atoms with Crippen molar-refractivity contribution < 1.29 is 4.42 Å². The number of nitrogens with zero attached hydrogens (tertiary/aromatic N) is 3. The highest BCUT2D eigenvalue weighted by molar-refractivity contribution is 7.26. The minimum atomic E-state index is 0.642. The Kier molecular flexibility index (Phi) is 5.12. The van der Waals surface area contributed by atoms with Crippen molar-refractivity contribution in [1.29, 1.82) is 0 Å². The molecular weight excluding hydrogens is 571 g/mol. The number of para-hydroxylation sites is 2. The SMILES string of the molecule is c1cc(-c2ccnc(-n3c4ccccc4c4cc5oc6ccccc6c5cc43)n2)cc(-c2cccc3c2sc2ccccc23)c1. The third-order valence-corrected chi connectivity index (χ3v) is 10.1.